The van der Waals surface area contributed by atoms with Gasteiger partial charge < -0.3 is 4.90 Å². The van der Waals surface area contributed by atoms with Gasteiger partial charge in [0.1, 0.15) is 0 Å². The number of thiazole rings is 1. The first-order valence-electron chi connectivity index (χ1n) is 8.90. The summed E-state index contributed by atoms with van der Waals surface area (Å²) >= 11 is 1.65. The summed E-state index contributed by atoms with van der Waals surface area (Å²) in [4.78, 5) is 24.2. The molecule has 2 fully saturated rings. The minimum Gasteiger partial charge on any atom is -0.340 e. The van der Waals surface area contributed by atoms with Crippen LogP contribution in [0, 0.1) is 0 Å². The van der Waals surface area contributed by atoms with E-state index in [2.05, 4.69) is 32.0 Å². The smallest absolute Gasteiger partial charge is 0.239 e. The lowest BCUT2D eigenvalue weighted by atomic mass is 10.0. The van der Waals surface area contributed by atoms with Crippen LogP contribution < -0.4 is 0 Å². The highest BCUT2D eigenvalue weighted by atomic mass is 32.1. The third kappa shape index (κ3) is 4.31. The van der Waals surface area contributed by atoms with Crippen molar-refractivity contribution in [2.24, 2.45) is 0 Å². The molecule has 1 aromatic heterocycles. The highest BCUT2D eigenvalue weighted by Crippen LogP contribution is 2.19. The van der Waals surface area contributed by atoms with E-state index in [4.69, 9.17) is 0 Å². The van der Waals surface area contributed by atoms with Crippen LogP contribution in [0.25, 0.3) is 0 Å². The van der Waals surface area contributed by atoms with Crippen LogP contribution in [0.2, 0.25) is 0 Å². The third-order valence-electron chi connectivity index (χ3n) is 5.07. The monoisotopic (exact) mass is 336 g/mol. The number of nitrogens with zero attached hydrogens (tertiary/aromatic N) is 4. The second kappa shape index (κ2) is 8.22. The molecule has 0 bridgehead atoms. The first kappa shape index (κ1) is 16.9. The Bertz CT molecular complexity index is 493. The molecule has 1 amide bonds. The third-order valence-corrected chi connectivity index (χ3v) is 5.71. The molecule has 2 saturated heterocycles. The van der Waals surface area contributed by atoms with Crippen LogP contribution in [0.1, 0.15) is 38.3 Å². The van der Waals surface area contributed by atoms with Crippen molar-refractivity contribution in [1.29, 1.82) is 0 Å². The minimum atomic E-state index is 0.124. The first-order chi connectivity index (χ1) is 11.3. The van der Waals surface area contributed by atoms with E-state index in [1.54, 1.807) is 11.3 Å². The number of carbonyl (C=O) groups is 1. The molecule has 1 atom stereocenters. The van der Waals surface area contributed by atoms with Crippen LogP contribution in [0.5, 0.6) is 0 Å². The van der Waals surface area contributed by atoms with E-state index < -0.39 is 0 Å². The van der Waals surface area contributed by atoms with Crippen LogP contribution in [0.4, 0.5) is 0 Å². The van der Waals surface area contributed by atoms with Gasteiger partial charge in [0.25, 0.3) is 0 Å². The highest BCUT2D eigenvalue weighted by molar-refractivity contribution is 7.07. The Morgan fingerprint density at radius 2 is 2.13 bits per heavy atom. The minimum absolute atomic E-state index is 0.124. The summed E-state index contributed by atoms with van der Waals surface area (Å²) in [6.07, 6.45) is 4.52. The Morgan fingerprint density at radius 3 is 2.91 bits per heavy atom. The molecule has 5 nitrogen and oxygen atoms in total. The molecule has 0 saturated carbocycles. The molecule has 0 N–H and O–H groups in total. The second-order valence-electron chi connectivity index (χ2n) is 6.57. The van der Waals surface area contributed by atoms with Gasteiger partial charge in [-0.25, -0.2) is 4.98 Å². The molecule has 0 aliphatic carbocycles. The fraction of sp³-hybridized carbons (Fsp3) is 0.765. The molecular formula is C17H28N4OS. The molecular weight excluding hydrogens is 308 g/mol. The van der Waals surface area contributed by atoms with Crippen LogP contribution in [-0.4, -0.2) is 70.9 Å². The van der Waals surface area contributed by atoms with E-state index >= 15 is 0 Å². The summed E-state index contributed by atoms with van der Waals surface area (Å²) in [5, 5.41) is 2.12. The zero-order valence-corrected chi connectivity index (χ0v) is 14.9. The van der Waals surface area contributed by atoms with Gasteiger partial charge in [-0.05, 0) is 32.4 Å². The normalized spacial score (nSPS) is 24.6. The van der Waals surface area contributed by atoms with Crippen molar-refractivity contribution < 1.29 is 4.79 Å². The zero-order valence-electron chi connectivity index (χ0n) is 14.1. The Hall–Kier alpha value is -0.980. The lowest BCUT2D eigenvalue weighted by Crippen LogP contribution is -2.51. The van der Waals surface area contributed by atoms with Gasteiger partial charge in [-0.2, -0.15) is 0 Å². The second-order valence-corrected chi connectivity index (χ2v) is 7.29. The van der Waals surface area contributed by atoms with Crippen molar-refractivity contribution in [3.63, 3.8) is 0 Å². The van der Waals surface area contributed by atoms with Crippen molar-refractivity contribution >= 4 is 17.2 Å². The zero-order chi connectivity index (χ0) is 16.1. The number of hydrogen-bond donors (Lipinski definition) is 0. The Morgan fingerprint density at radius 1 is 1.22 bits per heavy atom. The predicted octanol–water partition coefficient (Wildman–Crippen LogP) is 2.05. The predicted molar refractivity (Wildman–Crippen MR) is 93.5 cm³/mol. The molecule has 0 radical (unpaired) electrons. The van der Waals surface area contributed by atoms with Crippen LogP contribution in [-0.2, 0) is 11.3 Å². The largest absolute Gasteiger partial charge is 0.340 e. The van der Waals surface area contributed by atoms with Crippen molar-refractivity contribution in [1.82, 2.24) is 19.7 Å². The van der Waals surface area contributed by atoms with Gasteiger partial charge in [0.05, 0.1) is 17.2 Å². The Labute approximate surface area is 143 Å². The molecule has 2 aliphatic rings. The first-order valence-corrected chi connectivity index (χ1v) is 9.84. The summed E-state index contributed by atoms with van der Waals surface area (Å²) in [6.45, 7) is 8.93. The number of piperidine rings is 1. The number of aromatic nitrogens is 1. The Kier molecular flexibility index (Phi) is 6.02. The van der Waals surface area contributed by atoms with Crippen LogP contribution >= 0.6 is 11.3 Å². The fourth-order valence-electron chi connectivity index (χ4n) is 3.75. The Balaban J connectivity index is 1.55. The lowest BCUT2D eigenvalue weighted by molar-refractivity contribution is -0.138. The highest BCUT2D eigenvalue weighted by Gasteiger charge is 2.31. The number of hydrogen-bond acceptors (Lipinski definition) is 5. The quantitative estimate of drug-likeness (QED) is 0.844. The molecule has 1 aromatic rings. The average molecular weight is 337 g/mol. The number of likely N-dealkylation sites (N-methyl/N-ethyl adjacent to an activating group) is 1. The summed E-state index contributed by atoms with van der Waals surface area (Å²) in [7, 11) is 0. The maximum absolute atomic E-state index is 13.0. The van der Waals surface area contributed by atoms with E-state index in [-0.39, 0.29) is 6.04 Å². The molecule has 6 heteroatoms. The van der Waals surface area contributed by atoms with Crippen molar-refractivity contribution in [3.05, 3.63) is 16.6 Å². The molecule has 2 aliphatic heterocycles. The molecule has 3 heterocycles. The molecule has 0 aromatic carbocycles. The van der Waals surface area contributed by atoms with Crippen molar-refractivity contribution in [2.45, 2.75) is 45.2 Å². The van der Waals surface area contributed by atoms with Gasteiger partial charge >= 0.3 is 0 Å². The molecule has 128 valence electrons. The SMILES string of the molecule is CCN1CCCCC1C(=O)N1CCCN(Cc2cscn2)CC1. The van der Waals surface area contributed by atoms with Gasteiger partial charge in [0, 0.05) is 38.1 Å². The number of rotatable bonds is 4. The summed E-state index contributed by atoms with van der Waals surface area (Å²) in [5.74, 6) is 0.363. The molecule has 0 spiro atoms. The maximum atomic E-state index is 13.0. The van der Waals surface area contributed by atoms with E-state index in [0.29, 0.717) is 5.91 Å². The molecule has 1 unspecified atom stereocenters. The van der Waals surface area contributed by atoms with Gasteiger partial charge in [0.15, 0.2) is 0 Å². The van der Waals surface area contributed by atoms with E-state index in [1.807, 2.05) is 5.51 Å². The van der Waals surface area contributed by atoms with Gasteiger partial charge in [-0.15, -0.1) is 11.3 Å². The van der Waals surface area contributed by atoms with Crippen molar-refractivity contribution in [2.75, 3.05) is 39.3 Å². The van der Waals surface area contributed by atoms with E-state index in [0.717, 1.165) is 64.3 Å². The number of carbonyl (C=O) groups excluding carboxylic acids is 1. The standard InChI is InChI=1S/C17H28N4OS/c1-2-20-8-4-3-6-16(20)17(22)21-9-5-7-19(10-11-21)12-15-13-23-14-18-15/h13-14,16H,2-12H2,1H3. The molecule has 23 heavy (non-hydrogen) atoms. The molecule has 3 rings (SSSR count). The van der Waals surface area contributed by atoms with Gasteiger partial charge in [-0.1, -0.05) is 13.3 Å². The van der Waals surface area contributed by atoms with E-state index in [9.17, 15) is 4.79 Å². The topological polar surface area (TPSA) is 39.7 Å². The summed E-state index contributed by atoms with van der Waals surface area (Å²) in [5.41, 5.74) is 3.05. The van der Waals surface area contributed by atoms with Crippen molar-refractivity contribution in [3.8, 4) is 0 Å². The average Bonchev–Trinajstić information content (AvgIpc) is 2.98. The van der Waals surface area contributed by atoms with Crippen LogP contribution in [0.15, 0.2) is 10.9 Å². The van der Waals surface area contributed by atoms with E-state index in [1.165, 1.54) is 12.8 Å². The maximum Gasteiger partial charge on any atom is 0.239 e. The fourth-order valence-corrected chi connectivity index (χ4v) is 4.30. The number of likely N-dealkylation sites (tertiary alicyclic amines) is 1. The van der Waals surface area contributed by atoms with Gasteiger partial charge in [-0.3, -0.25) is 14.6 Å². The summed E-state index contributed by atoms with van der Waals surface area (Å²) < 4.78 is 0. The lowest BCUT2D eigenvalue weighted by Gasteiger charge is -2.36. The van der Waals surface area contributed by atoms with Gasteiger partial charge in [0.2, 0.25) is 5.91 Å². The summed E-state index contributed by atoms with van der Waals surface area (Å²) in [6, 6.07) is 0.124. The number of amides is 1. The van der Waals surface area contributed by atoms with Crippen LogP contribution in [0.3, 0.4) is 0 Å².